The summed E-state index contributed by atoms with van der Waals surface area (Å²) in [5.74, 6) is 0.592. The van der Waals surface area contributed by atoms with Gasteiger partial charge in [0.25, 0.3) is 11.9 Å². The number of nitrogens with zero attached hydrogens (tertiary/aromatic N) is 3. The second kappa shape index (κ2) is 7.67. The Morgan fingerprint density at radius 3 is 2.20 bits per heavy atom. The van der Waals surface area contributed by atoms with Gasteiger partial charge in [-0.15, -0.1) is 5.10 Å². The van der Waals surface area contributed by atoms with Gasteiger partial charge in [-0.2, -0.15) is 4.98 Å². The number of allylic oxidation sites excluding steroid dienone is 1. The fourth-order valence-electron chi connectivity index (χ4n) is 3.48. The summed E-state index contributed by atoms with van der Waals surface area (Å²) >= 11 is 0. The number of hydrogen-bond donors (Lipinski definition) is 2. The van der Waals surface area contributed by atoms with E-state index in [2.05, 4.69) is 38.9 Å². The lowest BCUT2D eigenvalue weighted by molar-refractivity contribution is 0.102. The lowest BCUT2D eigenvalue weighted by Crippen LogP contribution is -2.20. The van der Waals surface area contributed by atoms with Crippen LogP contribution in [0.15, 0.2) is 97.1 Å². The molecule has 1 atom stereocenters. The first-order chi connectivity index (χ1) is 14.8. The number of rotatable bonds is 4. The number of amides is 1. The SMILES string of the molecule is O=C(Nc1nc2n(n1)C(c1ccccc1)C=C(c1ccccc1)N2)c1ccccc1. The molecule has 0 saturated carbocycles. The Labute approximate surface area is 173 Å². The maximum Gasteiger partial charge on any atom is 0.258 e. The Morgan fingerprint density at radius 2 is 1.50 bits per heavy atom. The van der Waals surface area contributed by atoms with Crippen LogP contribution in [0.2, 0.25) is 0 Å². The zero-order valence-electron chi connectivity index (χ0n) is 16.1. The summed E-state index contributed by atoms with van der Waals surface area (Å²) in [7, 11) is 0. The predicted molar refractivity (Wildman–Crippen MR) is 117 cm³/mol. The van der Waals surface area contributed by atoms with E-state index in [4.69, 9.17) is 0 Å². The van der Waals surface area contributed by atoms with Gasteiger partial charge in [-0.1, -0.05) is 78.9 Å². The van der Waals surface area contributed by atoms with Crippen LogP contribution in [-0.4, -0.2) is 20.7 Å². The molecule has 1 aliphatic rings. The zero-order chi connectivity index (χ0) is 20.3. The molecule has 1 amide bonds. The Bertz CT molecular complexity index is 1200. The van der Waals surface area contributed by atoms with Crippen molar-refractivity contribution in [2.75, 3.05) is 10.6 Å². The highest BCUT2D eigenvalue weighted by atomic mass is 16.1. The van der Waals surface area contributed by atoms with Crippen LogP contribution in [0, 0.1) is 0 Å². The molecule has 4 aromatic rings. The van der Waals surface area contributed by atoms with E-state index < -0.39 is 0 Å². The van der Waals surface area contributed by atoms with Crippen molar-refractivity contribution in [1.29, 1.82) is 0 Å². The van der Waals surface area contributed by atoms with Gasteiger partial charge in [0.05, 0.1) is 0 Å². The molecule has 0 fully saturated rings. The lowest BCUT2D eigenvalue weighted by Gasteiger charge is -2.24. The van der Waals surface area contributed by atoms with Gasteiger partial charge in [-0.3, -0.25) is 10.1 Å². The molecule has 5 rings (SSSR count). The zero-order valence-corrected chi connectivity index (χ0v) is 16.1. The first kappa shape index (κ1) is 17.9. The van der Waals surface area contributed by atoms with Crippen molar-refractivity contribution in [2.45, 2.75) is 6.04 Å². The Kier molecular flexibility index (Phi) is 4.57. The van der Waals surface area contributed by atoms with Gasteiger partial charge < -0.3 is 5.32 Å². The number of hydrogen-bond acceptors (Lipinski definition) is 4. The van der Waals surface area contributed by atoms with Crippen LogP contribution < -0.4 is 10.6 Å². The van der Waals surface area contributed by atoms with Gasteiger partial charge in [0.15, 0.2) is 0 Å². The quantitative estimate of drug-likeness (QED) is 0.532. The molecule has 0 spiro atoms. The minimum absolute atomic E-state index is 0.146. The number of benzene rings is 3. The molecular weight excluding hydrogens is 374 g/mol. The largest absolute Gasteiger partial charge is 0.324 e. The Balaban J connectivity index is 1.51. The second-order valence-corrected chi connectivity index (χ2v) is 6.95. The minimum Gasteiger partial charge on any atom is -0.324 e. The summed E-state index contributed by atoms with van der Waals surface area (Å²) in [4.78, 5) is 17.1. The maximum absolute atomic E-state index is 12.5. The summed E-state index contributed by atoms with van der Waals surface area (Å²) in [6, 6.07) is 29.1. The van der Waals surface area contributed by atoms with E-state index in [1.165, 1.54) is 0 Å². The summed E-state index contributed by atoms with van der Waals surface area (Å²) in [6.45, 7) is 0. The molecular formula is C24H19N5O. The minimum atomic E-state index is -0.244. The highest BCUT2D eigenvalue weighted by molar-refractivity contribution is 6.03. The van der Waals surface area contributed by atoms with E-state index in [1.54, 1.807) is 16.8 Å². The number of nitrogens with one attached hydrogen (secondary N) is 2. The molecule has 3 aromatic carbocycles. The number of carbonyl (C=O) groups is 1. The third-order valence-electron chi connectivity index (χ3n) is 4.95. The molecule has 0 aliphatic carbocycles. The average Bonchev–Trinajstić information content (AvgIpc) is 3.22. The van der Waals surface area contributed by atoms with Crippen LogP contribution in [0.3, 0.4) is 0 Å². The first-order valence-electron chi connectivity index (χ1n) is 9.70. The molecule has 1 unspecified atom stereocenters. The fourth-order valence-corrected chi connectivity index (χ4v) is 3.48. The van der Waals surface area contributed by atoms with E-state index in [9.17, 15) is 4.79 Å². The standard InChI is InChI=1S/C24H19N5O/c30-22(19-14-8-3-9-15-19)26-23-27-24-25-20(17-10-4-1-5-11-17)16-21(29(24)28-23)18-12-6-2-7-13-18/h1-16,21H,(H2,25,26,27,28,30). The smallest absolute Gasteiger partial charge is 0.258 e. The molecule has 0 saturated heterocycles. The predicted octanol–water partition coefficient (Wildman–Crippen LogP) is 4.59. The van der Waals surface area contributed by atoms with Crippen LogP contribution in [-0.2, 0) is 0 Å². The van der Waals surface area contributed by atoms with E-state index in [1.807, 2.05) is 66.7 Å². The van der Waals surface area contributed by atoms with Gasteiger partial charge in [-0.05, 0) is 29.3 Å². The van der Waals surface area contributed by atoms with Crippen molar-refractivity contribution >= 4 is 23.5 Å². The Hall–Kier alpha value is -4.19. The summed E-state index contributed by atoms with van der Waals surface area (Å²) in [5, 5.41) is 10.7. The molecule has 0 bridgehead atoms. The molecule has 2 N–H and O–H groups in total. The van der Waals surface area contributed by atoms with Crippen LogP contribution in [0.5, 0.6) is 0 Å². The summed E-state index contributed by atoms with van der Waals surface area (Å²) in [6.07, 6.45) is 2.12. The van der Waals surface area contributed by atoms with Gasteiger partial charge in [-0.25, -0.2) is 4.68 Å². The van der Waals surface area contributed by atoms with E-state index >= 15 is 0 Å². The van der Waals surface area contributed by atoms with Crippen LogP contribution in [0.25, 0.3) is 5.70 Å². The van der Waals surface area contributed by atoms with Gasteiger partial charge in [0.1, 0.15) is 6.04 Å². The second-order valence-electron chi connectivity index (χ2n) is 6.95. The van der Waals surface area contributed by atoms with E-state index in [0.717, 1.165) is 16.8 Å². The third kappa shape index (κ3) is 3.46. The third-order valence-corrected chi connectivity index (χ3v) is 4.95. The summed E-state index contributed by atoms with van der Waals surface area (Å²) < 4.78 is 1.79. The first-order valence-corrected chi connectivity index (χ1v) is 9.70. The highest BCUT2D eigenvalue weighted by Crippen LogP contribution is 2.33. The van der Waals surface area contributed by atoms with Crippen LogP contribution in [0.1, 0.15) is 27.5 Å². The monoisotopic (exact) mass is 393 g/mol. The summed E-state index contributed by atoms with van der Waals surface area (Å²) in [5.41, 5.74) is 3.65. The fraction of sp³-hybridized carbons (Fsp3) is 0.0417. The molecule has 1 aliphatic heterocycles. The number of fused-ring (bicyclic) bond motifs is 1. The van der Waals surface area contributed by atoms with Crippen molar-refractivity contribution in [3.63, 3.8) is 0 Å². The topological polar surface area (TPSA) is 71.8 Å². The van der Waals surface area contributed by atoms with Gasteiger partial charge >= 0.3 is 0 Å². The van der Waals surface area contributed by atoms with Gasteiger partial charge in [0, 0.05) is 11.3 Å². The molecule has 1 aromatic heterocycles. The van der Waals surface area contributed by atoms with Crippen molar-refractivity contribution in [3.8, 4) is 0 Å². The normalized spacial score (nSPS) is 14.9. The molecule has 146 valence electrons. The van der Waals surface area contributed by atoms with Crippen molar-refractivity contribution < 1.29 is 4.79 Å². The van der Waals surface area contributed by atoms with Crippen molar-refractivity contribution in [2.24, 2.45) is 0 Å². The lowest BCUT2D eigenvalue weighted by atomic mass is 10.0. The molecule has 6 heteroatoms. The molecule has 2 heterocycles. The molecule has 30 heavy (non-hydrogen) atoms. The number of aromatic nitrogens is 3. The van der Waals surface area contributed by atoms with Crippen molar-refractivity contribution in [3.05, 3.63) is 114 Å². The maximum atomic E-state index is 12.5. The van der Waals surface area contributed by atoms with Crippen LogP contribution >= 0.6 is 0 Å². The molecule has 6 nitrogen and oxygen atoms in total. The number of carbonyl (C=O) groups excluding carboxylic acids is 1. The van der Waals surface area contributed by atoms with E-state index in [0.29, 0.717) is 11.5 Å². The van der Waals surface area contributed by atoms with Crippen molar-refractivity contribution in [1.82, 2.24) is 14.8 Å². The van der Waals surface area contributed by atoms with Crippen LogP contribution in [0.4, 0.5) is 11.9 Å². The number of anilines is 2. The highest BCUT2D eigenvalue weighted by Gasteiger charge is 2.25. The van der Waals surface area contributed by atoms with Gasteiger partial charge in [0.2, 0.25) is 5.95 Å². The average molecular weight is 393 g/mol. The Morgan fingerprint density at radius 1 is 0.867 bits per heavy atom. The molecule has 0 radical (unpaired) electrons. The van der Waals surface area contributed by atoms with E-state index in [-0.39, 0.29) is 17.9 Å².